The molecule has 0 aromatic heterocycles. The average Bonchev–Trinajstić information content (AvgIpc) is 2.76. The van der Waals surface area contributed by atoms with Gasteiger partial charge in [-0.1, -0.05) is 12.1 Å². The van der Waals surface area contributed by atoms with E-state index in [4.69, 9.17) is 4.84 Å². The van der Waals surface area contributed by atoms with Gasteiger partial charge in [-0.15, -0.1) is 0 Å². The lowest BCUT2D eigenvalue weighted by Gasteiger charge is -2.43. The summed E-state index contributed by atoms with van der Waals surface area (Å²) in [6.07, 6.45) is 3.36. The number of carbonyl (C=O) groups excluding carboxylic acids is 1. The number of carbonyl (C=O) groups is 1. The van der Waals surface area contributed by atoms with E-state index in [0.717, 1.165) is 12.8 Å². The smallest absolute Gasteiger partial charge is 0.251 e. The first-order valence-electron chi connectivity index (χ1n) is 7.82. The van der Waals surface area contributed by atoms with Gasteiger partial charge in [-0.2, -0.15) is 0 Å². The molecule has 2 aliphatic rings. The lowest BCUT2D eigenvalue weighted by molar-refractivity contribution is -0.177. The number of halogens is 1. The molecule has 4 atom stereocenters. The molecule has 2 fully saturated rings. The Morgan fingerprint density at radius 1 is 1.32 bits per heavy atom. The largest absolute Gasteiger partial charge is 0.300 e. The molecule has 0 aliphatic carbocycles. The van der Waals surface area contributed by atoms with Crippen LogP contribution < -0.4 is 0 Å². The summed E-state index contributed by atoms with van der Waals surface area (Å²) >= 11 is 2.32. The van der Waals surface area contributed by atoms with Gasteiger partial charge in [-0.3, -0.25) is 14.5 Å². The molecule has 2 aliphatic heterocycles. The summed E-state index contributed by atoms with van der Waals surface area (Å²) in [5, 5.41) is 1.40. The monoisotopic (exact) mass is 414 g/mol. The van der Waals surface area contributed by atoms with Gasteiger partial charge in [0.05, 0.1) is 13.0 Å². The van der Waals surface area contributed by atoms with Crippen molar-refractivity contribution in [1.29, 1.82) is 0 Å². The molecule has 0 radical (unpaired) electrons. The van der Waals surface area contributed by atoms with Crippen molar-refractivity contribution in [2.45, 2.75) is 37.3 Å². The van der Waals surface area contributed by atoms with Gasteiger partial charge in [0.2, 0.25) is 0 Å². The summed E-state index contributed by atoms with van der Waals surface area (Å²) < 4.78 is 1.23. The average molecular weight is 414 g/mol. The van der Waals surface area contributed by atoms with Crippen LogP contribution in [0.5, 0.6) is 0 Å². The number of fused-ring (bicyclic) bond motifs is 2. The molecule has 4 nitrogen and oxygen atoms in total. The molecule has 2 saturated heterocycles. The maximum atomic E-state index is 12.9. The maximum Gasteiger partial charge on any atom is 0.251 e. The van der Waals surface area contributed by atoms with E-state index in [1.165, 1.54) is 20.6 Å². The van der Waals surface area contributed by atoms with Crippen LogP contribution in [0, 0.1) is 9.49 Å². The van der Waals surface area contributed by atoms with Crippen molar-refractivity contribution in [3.05, 3.63) is 33.4 Å². The van der Waals surface area contributed by atoms with Crippen molar-refractivity contribution in [2.75, 3.05) is 21.2 Å². The third kappa shape index (κ3) is 2.78. The molecule has 3 rings (SSSR count). The zero-order valence-corrected chi connectivity index (χ0v) is 15.5. The van der Waals surface area contributed by atoms with Gasteiger partial charge in [0, 0.05) is 22.7 Å². The Bertz CT molecular complexity index is 548. The molecule has 2 heterocycles. The number of amides is 1. The second kappa shape index (κ2) is 6.45. The number of piperidine rings is 1. The molecule has 1 aromatic rings. The minimum Gasteiger partial charge on any atom is -0.300 e. The van der Waals surface area contributed by atoms with Crippen molar-refractivity contribution in [3.8, 4) is 0 Å². The molecule has 0 saturated carbocycles. The van der Waals surface area contributed by atoms with E-state index >= 15 is 0 Å². The molecular formula is C17H23IN2O2. The number of hydroxylamine groups is 2. The highest BCUT2D eigenvalue weighted by Gasteiger charge is 2.49. The van der Waals surface area contributed by atoms with E-state index in [9.17, 15) is 4.79 Å². The number of rotatable bonds is 3. The summed E-state index contributed by atoms with van der Waals surface area (Å²) in [6.45, 7) is 0. The van der Waals surface area contributed by atoms with E-state index in [0.29, 0.717) is 12.1 Å². The van der Waals surface area contributed by atoms with E-state index in [1.54, 1.807) is 14.2 Å². The lowest BCUT2D eigenvalue weighted by atomic mass is 9.75. The maximum absolute atomic E-state index is 12.9. The number of benzene rings is 1. The van der Waals surface area contributed by atoms with Crippen LogP contribution in [0.4, 0.5) is 0 Å². The first-order valence-corrected chi connectivity index (χ1v) is 8.90. The Morgan fingerprint density at radius 3 is 2.64 bits per heavy atom. The first-order chi connectivity index (χ1) is 10.5. The van der Waals surface area contributed by atoms with E-state index < -0.39 is 0 Å². The van der Waals surface area contributed by atoms with Crippen molar-refractivity contribution in [1.82, 2.24) is 9.96 Å². The van der Waals surface area contributed by atoms with E-state index in [-0.39, 0.29) is 17.7 Å². The second-order valence-corrected chi connectivity index (χ2v) is 7.65. The molecule has 120 valence electrons. The van der Waals surface area contributed by atoms with Gasteiger partial charge >= 0.3 is 0 Å². The molecule has 22 heavy (non-hydrogen) atoms. The normalized spacial score (nSPS) is 31.3. The Kier molecular flexibility index (Phi) is 4.75. The van der Waals surface area contributed by atoms with Crippen LogP contribution in [0.15, 0.2) is 24.3 Å². The topological polar surface area (TPSA) is 32.8 Å². The van der Waals surface area contributed by atoms with Crippen molar-refractivity contribution in [3.63, 3.8) is 0 Å². The molecule has 0 spiro atoms. The van der Waals surface area contributed by atoms with Crippen LogP contribution in [0.2, 0.25) is 0 Å². The third-order valence-electron chi connectivity index (χ3n) is 5.44. The fraction of sp³-hybridized carbons (Fsp3) is 0.588. The fourth-order valence-electron chi connectivity index (χ4n) is 4.16. The SMILES string of the molecule is CON(C)C(=O)[C@H]1[C@@H](c2ccc(I)cc2)C[C@@H]2CC[C@H]1N2C. The fourth-order valence-corrected chi connectivity index (χ4v) is 4.52. The minimum atomic E-state index is -0.0197. The van der Waals surface area contributed by atoms with Crippen LogP contribution in [0.25, 0.3) is 0 Å². The van der Waals surface area contributed by atoms with Gasteiger partial charge in [-0.25, -0.2) is 5.06 Å². The van der Waals surface area contributed by atoms with Gasteiger partial charge in [0.25, 0.3) is 5.91 Å². The van der Waals surface area contributed by atoms with Crippen molar-refractivity contribution >= 4 is 28.5 Å². The van der Waals surface area contributed by atoms with Gasteiger partial charge in [0.15, 0.2) is 0 Å². The summed E-state index contributed by atoms with van der Waals surface area (Å²) in [5.74, 6) is 0.368. The Hall–Kier alpha value is -0.660. The molecule has 2 bridgehead atoms. The zero-order valence-electron chi connectivity index (χ0n) is 13.3. The summed E-state index contributed by atoms with van der Waals surface area (Å²) in [5.41, 5.74) is 1.29. The molecular weight excluding hydrogens is 391 g/mol. The minimum absolute atomic E-state index is 0.0197. The van der Waals surface area contributed by atoms with Crippen molar-refractivity contribution < 1.29 is 9.63 Å². The summed E-state index contributed by atoms with van der Waals surface area (Å²) in [4.78, 5) is 20.5. The summed E-state index contributed by atoms with van der Waals surface area (Å²) in [6, 6.07) is 9.57. The highest BCUT2D eigenvalue weighted by molar-refractivity contribution is 14.1. The Balaban J connectivity index is 1.95. The van der Waals surface area contributed by atoms with E-state index in [2.05, 4.69) is 58.8 Å². The van der Waals surface area contributed by atoms with Gasteiger partial charge in [-0.05, 0) is 72.5 Å². The highest BCUT2D eigenvalue weighted by atomic mass is 127. The van der Waals surface area contributed by atoms with Crippen molar-refractivity contribution in [2.24, 2.45) is 5.92 Å². The number of hydrogen-bond donors (Lipinski definition) is 0. The predicted octanol–water partition coefficient (Wildman–Crippen LogP) is 2.88. The van der Waals surface area contributed by atoms with Crippen LogP contribution in [-0.4, -0.2) is 49.2 Å². The molecule has 5 heteroatoms. The van der Waals surface area contributed by atoms with Crippen LogP contribution in [-0.2, 0) is 9.63 Å². The number of hydrogen-bond acceptors (Lipinski definition) is 3. The van der Waals surface area contributed by atoms with Gasteiger partial charge in [0.1, 0.15) is 0 Å². The predicted molar refractivity (Wildman–Crippen MR) is 94.4 cm³/mol. The molecule has 0 N–H and O–H groups in total. The highest BCUT2D eigenvalue weighted by Crippen LogP contribution is 2.46. The third-order valence-corrected chi connectivity index (χ3v) is 6.16. The van der Waals surface area contributed by atoms with Gasteiger partial charge < -0.3 is 0 Å². The van der Waals surface area contributed by atoms with Crippen LogP contribution in [0.3, 0.4) is 0 Å². The summed E-state index contributed by atoms with van der Waals surface area (Å²) in [7, 11) is 5.44. The van der Waals surface area contributed by atoms with Crippen LogP contribution >= 0.6 is 22.6 Å². The Labute approximate surface area is 145 Å². The standard InChI is InChI=1S/C17H23IN2O2/c1-19-13-8-9-15(19)16(17(21)20(2)22-3)14(10-13)11-4-6-12(18)7-5-11/h4-7,13-16H,8-10H2,1-3H3/t13-,14+,15+,16-/m0/s1. The zero-order chi connectivity index (χ0) is 15.9. The number of nitrogens with zero attached hydrogens (tertiary/aromatic N) is 2. The Morgan fingerprint density at radius 2 is 2.00 bits per heavy atom. The first kappa shape index (κ1) is 16.2. The molecule has 1 aromatic carbocycles. The lowest BCUT2D eigenvalue weighted by Crippen LogP contribution is -2.51. The second-order valence-electron chi connectivity index (χ2n) is 6.40. The molecule has 1 amide bonds. The van der Waals surface area contributed by atoms with E-state index in [1.807, 2.05) is 0 Å². The quantitative estimate of drug-likeness (QED) is 0.564. The molecule has 0 unspecified atom stereocenters. The van der Waals surface area contributed by atoms with Crippen LogP contribution in [0.1, 0.15) is 30.7 Å².